The van der Waals surface area contributed by atoms with Crippen LogP contribution in [0.2, 0.25) is 0 Å². The molecule has 0 amide bonds. The van der Waals surface area contributed by atoms with Gasteiger partial charge in [0.05, 0.1) is 24.0 Å². The van der Waals surface area contributed by atoms with Gasteiger partial charge in [0.2, 0.25) is 20.0 Å². The molecule has 0 bridgehead atoms. The Morgan fingerprint density at radius 3 is 1.32 bits per heavy atom. The summed E-state index contributed by atoms with van der Waals surface area (Å²) in [5.74, 6) is -1.07. The van der Waals surface area contributed by atoms with Gasteiger partial charge in [0.25, 0.3) is 0 Å². The van der Waals surface area contributed by atoms with Gasteiger partial charge >= 0.3 is 0 Å². The monoisotopic (exact) mass is 586 g/mol. The standard InChI is InChI=1S/C24H22N6O8S2/c1-37-19-9-7-13(39(25,33)34)11-17(19)27-29-21-15-5-3-4-6-16(15)22(24(32)23(21)31)30-28-18-12-14(40(26,35)36)8-10-20(18)38-2/h3-12,31-32H,1-2H3,(H2,25,33,34)(H2,26,35,36)/b29-27+,30-28+. The smallest absolute Gasteiger partial charge is 0.238 e. The molecule has 0 radical (unpaired) electrons. The molecule has 16 heteroatoms. The third-order valence-corrected chi connectivity index (χ3v) is 7.41. The number of nitrogens with zero attached hydrogens (tertiary/aromatic N) is 4. The van der Waals surface area contributed by atoms with Gasteiger partial charge < -0.3 is 19.7 Å². The zero-order valence-electron chi connectivity index (χ0n) is 20.9. The number of azo groups is 2. The number of phenolic OH excluding ortho intramolecular Hbond substituents is 2. The molecule has 4 rings (SSSR count). The Labute approximate surface area is 228 Å². The van der Waals surface area contributed by atoms with Crippen LogP contribution in [-0.2, 0) is 20.0 Å². The van der Waals surface area contributed by atoms with Crippen molar-refractivity contribution in [1.82, 2.24) is 0 Å². The van der Waals surface area contributed by atoms with E-state index in [0.717, 1.165) is 12.1 Å². The van der Waals surface area contributed by atoms with Gasteiger partial charge in [-0.2, -0.15) is 0 Å². The van der Waals surface area contributed by atoms with Gasteiger partial charge in [-0.3, -0.25) is 0 Å². The molecular weight excluding hydrogens is 564 g/mol. The summed E-state index contributed by atoms with van der Waals surface area (Å²) in [6.45, 7) is 0. The fourth-order valence-electron chi connectivity index (χ4n) is 3.64. The number of primary sulfonamides is 2. The topological polar surface area (TPSA) is 229 Å². The summed E-state index contributed by atoms with van der Waals surface area (Å²) in [7, 11) is -5.42. The lowest BCUT2D eigenvalue weighted by Gasteiger charge is -2.11. The van der Waals surface area contributed by atoms with Crippen LogP contribution in [0.15, 0.2) is 90.9 Å². The summed E-state index contributed by atoms with van der Waals surface area (Å²) in [6, 6.07) is 13.9. The maximum Gasteiger partial charge on any atom is 0.238 e. The number of benzene rings is 4. The number of hydrogen-bond acceptors (Lipinski definition) is 12. The highest BCUT2D eigenvalue weighted by Crippen LogP contribution is 2.50. The Hall–Kier alpha value is -4.64. The molecule has 0 aromatic heterocycles. The second kappa shape index (κ2) is 10.9. The average molecular weight is 587 g/mol. The van der Waals surface area contributed by atoms with Crippen LogP contribution in [0.4, 0.5) is 22.7 Å². The van der Waals surface area contributed by atoms with E-state index < -0.39 is 31.5 Å². The molecular formula is C24H22N6O8S2. The fraction of sp³-hybridized carbons (Fsp3) is 0.0833. The second-order valence-corrected chi connectivity index (χ2v) is 11.2. The number of ether oxygens (including phenoxy) is 2. The number of phenols is 2. The van der Waals surface area contributed by atoms with E-state index in [1.54, 1.807) is 24.3 Å². The second-order valence-electron chi connectivity index (χ2n) is 8.10. The molecule has 4 aromatic rings. The van der Waals surface area contributed by atoms with Crippen molar-refractivity contribution in [2.45, 2.75) is 9.79 Å². The maximum absolute atomic E-state index is 11.8. The molecule has 0 heterocycles. The highest BCUT2D eigenvalue weighted by Gasteiger charge is 2.20. The predicted molar refractivity (Wildman–Crippen MR) is 144 cm³/mol. The van der Waals surface area contributed by atoms with Gasteiger partial charge in [0.15, 0.2) is 11.5 Å². The van der Waals surface area contributed by atoms with Crippen molar-refractivity contribution in [3.8, 4) is 23.0 Å². The van der Waals surface area contributed by atoms with E-state index in [1.807, 2.05) is 0 Å². The molecule has 40 heavy (non-hydrogen) atoms. The summed E-state index contributed by atoms with van der Waals surface area (Å²) < 4.78 is 57.5. The fourth-order valence-corrected chi connectivity index (χ4v) is 4.70. The zero-order valence-corrected chi connectivity index (χ0v) is 22.5. The number of nitrogens with two attached hydrogens (primary N) is 2. The van der Waals surface area contributed by atoms with Crippen molar-refractivity contribution >= 4 is 53.6 Å². The van der Waals surface area contributed by atoms with Crippen LogP contribution in [0.5, 0.6) is 23.0 Å². The van der Waals surface area contributed by atoms with Gasteiger partial charge in [-0.05, 0) is 36.4 Å². The number of aromatic hydroxyl groups is 2. The maximum atomic E-state index is 11.8. The highest BCUT2D eigenvalue weighted by molar-refractivity contribution is 7.89. The Morgan fingerprint density at radius 2 is 1.00 bits per heavy atom. The predicted octanol–water partition coefficient (Wildman–Crippen LogP) is 4.39. The van der Waals surface area contributed by atoms with E-state index in [9.17, 15) is 27.0 Å². The van der Waals surface area contributed by atoms with Crippen molar-refractivity contribution in [3.05, 3.63) is 60.7 Å². The van der Waals surface area contributed by atoms with E-state index in [-0.39, 0.29) is 44.0 Å². The molecule has 0 spiro atoms. The van der Waals surface area contributed by atoms with Crippen LogP contribution < -0.4 is 19.8 Å². The van der Waals surface area contributed by atoms with Gasteiger partial charge in [-0.1, -0.05) is 24.3 Å². The first-order valence-corrected chi connectivity index (χ1v) is 14.2. The minimum absolute atomic E-state index is 0.0115. The molecule has 6 N–H and O–H groups in total. The van der Waals surface area contributed by atoms with E-state index in [0.29, 0.717) is 10.8 Å². The van der Waals surface area contributed by atoms with Crippen molar-refractivity contribution < 1.29 is 36.5 Å². The molecule has 0 aliphatic carbocycles. The molecule has 0 aliphatic heterocycles. The normalized spacial score (nSPS) is 12.4. The molecule has 0 saturated carbocycles. The summed E-state index contributed by atoms with van der Waals surface area (Å²) in [4.78, 5) is -0.478. The molecule has 0 saturated heterocycles. The van der Waals surface area contributed by atoms with Crippen molar-refractivity contribution in [1.29, 1.82) is 0 Å². The quantitative estimate of drug-likeness (QED) is 0.170. The molecule has 14 nitrogen and oxygen atoms in total. The van der Waals surface area contributed by atoms with Crippen LogP contribution in [0.1, 0.15) is 0 Å². The first-order valence-electron chi connectivity index (χ1n) is 11.1. The Bertz CT molecular complexity index is 1770. The minimum atomic E-state index is -4.05. The summed E-state index contributed by atoms with van der Waals surface area (Å²) in [5, 5.41) is 48.8. The minimum Gasteiger partial charge on any atom is -0.503 e. The molecule has 0 aliphatic rings. The first kappa shape index (κ1) is 28.4. The van der Waals surface area contributed by atoms with Crippen LogP contribution >= 0.6 is 0 Å². The number of fused-ring (bicyclic) bond motifs is 1. The Balaban J connectivity index is 1.86. The van der Waals surface area contributed by atoms with E-state index in [4.69, 9.17) is 19.8 Å². The first-order chi connectivity index (χ1) is 18.8. The van der Waals surface area contributed by atoms with Crippen molar-refractivity contribution in [3.63, 3.8) is 0 Å². The Morgan fingerprint density at radius 1 is 0.625 bits per heavy atom. The van der Waals surface area contributed by atoms with Crippen molar-refractivity contribution in [2.75, 3.05) is 14.2 Å². The van der Waals surface area contributed by atoms with Gasteiger partial charge in [-0.25, -0.2) is 27.1 Å². The zero-order chi connectivity index (χ0) is 29.2. The lowest BCUT2D eigenvalue weighted by Crippen LogP contribution is -2.11. The van der Waals surface area contributed by atoms with Gasteiger partial charge in [0.1, 0.15) is 34.2 Å². The molecule has 4 aromatic carbocycles. The summed E-state index contributed by atoms with van der Waals surface area (Å²) in [5.41, 5.74) is -0.349. The lowest BCUT2D eigenvalue weighted by molar-refractivity contribution is 0.406. The number of methoxy groups -OCH3 is 2. The van der Waals surface area contributed by atoms with Crippen molar-refractivity contribution in [2.24, 2.45) is 30.7 Å². The van der Waals surface area contributed by atoms with Crippen LogP contribution in [0, 0.1) is 0 Å². The number of hydrogen-bond donors (Lipinski definition) is 4. The van der Waals surface area contributed by atoms with Gasteiger partial charge in [-0.15, -0.1) is 20.5 Å². The van der Waals surface area contributed by atoms with Gasteiger partial charge in [0, 0.05) is 10.8 Å². The van der Waals surface area contributed by atoms with Crippen LogP contribution in [0.3, 0.4) is 0 Å². The largest absolute Gasteiger partial charge is 0.503 e. The lowest BCUT2D eigenvalue weighted by atomic mass is 10.1. The summed E-state index contributed by atoms with van der Waals surface area (Å²) in [6.07, 6.45) is 0. The van der Waals surface area contributed by atoms with E-state index in [1.165, 1.54) is 38.5 Å². The molecule has 208 valence electrons. The summed E-state index contributed by atoms with van der Waals surface area (Å²) >= 11 is 0. The van der Waals surface area contributed by atoms with Crippen LogP contribution in [0.25, 0.3) is 10.8 Å². The van der Waals surface area contributed by atoms with E-state index >= 15 is 0 Å². The number of rotatable bonds is 8. The molecule has 0 fully saturated rings. The van der Waals surface area contributed by atoms with E-state index in [2.05, 4.69) is 20.5 Å². The third-order valence-electron chi connectivity index (χ3n) is 5.58. The Kier molecular flexibility index (Phi) is 7.70. The number of sulfonamides is 2. The highest BCUT2D eigenvalue weighted by atomic mass is 32.2. The average Bonchev–Trinajstić information content (AvgIpc) is 2.91. The third kappa shape index (κ3) is 5.69. The molecule has 0 unspecified atom stereocenters. The molecule has 0 atom stereocenters. The van der Waals surface area contributed by atoms with Crippen LogP contribution in [-0.4, -0.2) is 41.3 Å². The SMILES string of the molecule is COc1ccc(S(N)(=O)=O)cc1/N=N/c1c(O)c(O)c(/N=N/c2cc(S(N)(=O)=O)ccc2OC)c2ccccc12.